The number of hydrogen-bond donors (Lipinski definition) is 2. The molecule has 4 heteroatoms. The molecule has 1 fully saturated rings. The quantitative estimate of drug-likeness (QED) is 0.682. The minimum absolute atomic E-state index is 0.0661. The molecule has 0 aromatic carbocycles. The van der Waals surface area contributed by atoms with E-state index in [1.54, 1.807) is 0 Å². The van der Waals surface area contributed by atoms with Gasteiger partial charge in [-0.1, -0.05) is 26.0 Å². The number of carbonyl (C=O) groups is 2. The summed E-state index contributed by atoms with van der Waals surface area (Å²) in [6, 6.07) is 0. The van der Waals surface area contributed by atoms with E-state index in [4.69, 9.17) is 10.2 Å². The topological polar surface area (TPSA) is 74.6 Å². The number of aliphatic carboxylic acids is 2. The lowest BCUT2D eigenvalue weighted by Gasteiger charge is -2.20. The van der Waals surface area contributed by atoms with Crippen molar-refractivity contribution >= 4 is 11.9 Å². The number of fused-ring (bicyclic) bond motifs is 2. The third-order valence-electron chi connectivity index (χ3n) is 3.03. The Hall–Kier alpha value is -1.32. The molecule has 0 aromatic heterocycles. The van der Waals surface area contributed by atoms with Gasteiger partial charge in [0.05, 0.1) is 11.8 Å². The largest absolute Gasteiger partial charge is 0.481 e. The van der Waals surface area contributed by atoms with Gasteiger partial charge in [0.15, 0.2) is 0 Å². The predicted octanol–water partition coefficient (Wildman–Crippen LogP) is 1.62. The zero-order valence-corrected chi connectivity index (χ0v) is 8.88. The van der Waals surface area contributed by atoms with Crippen LogP contribution in [0.15, 0.2) is 12.2 Å². The van der Waals surface area contributed by atoms with E-state index < -0.39 is 23.8 Å². The Labute approximate surface area is 88.6 Å². The normalized spacial score (nSPS) is 35.9. The molecule has 2 bridgehead atoms. The Bertz CT molecular complexity index is 267. The first-order chi connectivity index (χ1) is 7.11. The van der Waals surface area contributed by atoms with E-state index in [9.17, 15) is 9.59 Å². The molecule has 2 aliphatic carbocycles. The van der Waals surface area contributed by atoms with E-state index in [1.807, 2.05) is 26.0 Å². The number of rotatable bonds is 2. The molecule has 1 saturated carbocycles. The molecule has 4 unspecified atom stereocenters. The molecule has 2 N–H and O–H groups in total. The Morgan fingerprint density at radius 3 is 1.60 bits per heavy atom. The highest BCUT2D eigenvalue weighted by atomic mass is 16.4. The summed E-state index contributed by atoms with van der Waals surface area (Å²) >= 11 is 0. The van der Waals surface area contributed by atoms with Gasteiger partial charge in [-0.05, 0) is 18.3 Å². The van der Waals surface area contributed by atoms with Gasteiger partial charge in [0.1, 0.15) is 0 Å². The monoisotopic (exact) mass is 212 g/mol. The average molecular weight is 212 g/mol. The van der Waals surface area contributed by atoms with Gasteiger partial charge in [-0.15, -0.1) is 0 Å². The molecule has 2 aliphatic rings. The van der Waals surface area contributed by atoms with Gasteiger partial charge < -0.3 is 10.2 Å². The summed E-state index contributed by atoms with van der Waals surface area (Å²) in [5, 5.41) is 17.7. The maximum Gasteiger partial charge on any atom is 0.307 e. The molecule has 0 aromatic rings. The summed E-state index contributed by atoms with van der Waals surface area (Å²) in [4.78, 5) is 21.6. The van der Waals surface area contributed by atoms with Gasteiger partial charge in [0.25, 0.3) is 0 Å². The van der Waals surface area contributed by atoms with E-state index in [0.29, 0.717) is 6.42 Å². The second-order valence-corrected chi connectivity index (χ2v) is 3.68. The summed E-state index contributed by atoms with van der Waals surface area (Å²) in [5.41, 5.74) is 0. The lowest BCUT2D eigenvalue weighted by molar-refractivity contribution is -0.154. The lowest BCUT2D eigenvalue weighted by Crippen LogP contribution is -2.32. The first-order valence-electron chi connectivity index (χ1n) is 5.25. The van der Waals surface area contributed by atoms with Gasteiger partial charge in [0, 0.05) is 0 Å². The van der Waals surface area contributed by atoms with Gasteiger partial charge in [-0.3, -0.25) is 9.59 Å². The fraction of sp³-hybridized carbons (Fsp3) is 0.636. The van der Waals surface area contributed by atoms with E-state index in [1.165, 1.54) is 0 Å². The van der Waals surface area contributed by atoms with Crippen LogP contribution in [0, 0.1) is 23.7 Å². The zero-order valence-electron chi connectivity index (χ0n) is 8.88. The summed E-state index contributed by atoms with van der Waals surface area (Å²) in [5.74, 6) is -3.53. The van der Waals surface area contributed by atoms with Crippen molar-refractivity contribution < 1.29 is 19.8 Å². The van der Waals surface area contributed by atoms with Gasteiger partial charge >= 0.3 is 11.9 Å². The summed E-state index contributed by atoms with van der Waals surface area (Å²) in [6.45, 7) is 4.00. The highest BCUT2D eigenvalue weighted by molar-refractivity contribution is 5.82. The van der Waals surface area contributed by atoms with Crippen molar-refractivity contribution in [2.45, 2.75) is 20.3 Å². The van der Waals surface area contributed by atoms with Crippen LogP contribution in [0.4, 0.5) is 0 Å². The van der Waals surface area contributed by atoms with Crippen LogP contribution in [-0.2, 0) is 9.59 Å². The third-order valence-corrected chi connectivity index (χ3v) is 3.03. The van der Waals surface area contributed by atoms with Gasteiger partial charge in [-0.2, -0.15) is 0 Å². The van der Waals surface area contributed by atoms with Crippen molar-refractivity contribution in [3.63, 3.8) is 0 Å². The van der Waals surface area contributed by atoms with E-state index in [0.717, 1.165) is 0 Å². The van der Waals surface area contributed by atoms with Crippen molar-refractivity contribution in [1.29, 1.82) is 0 Å². The van der Waals surface area contributed by atoms with Crippen LogP contribution in [0.25, 0.3) is 0 Å². The third kappa shape index (κ3) is 1.89. The average Bonchev–Trinajstić information content (AvgIpc) is 2.79. The number of carboxylic acids is 2. The summed E-state index contributed by atoms with van der Waals surface area (Å²) in [7, 11) is 0. The summed E-state index contributed by atoms with van der Waals surface area (Å²) < 4.78 is 0. The number of hydrogen-bond acceptors (Lipinski definition) is 2. The lowest BCUT2D eigenvalue weighted by atomic mass is 9.83. The highest BCUT2D eigenvalue weighted by Gasteiger charge is 2.51. The zero-order chi connectivity index (χ0) is 11.6. The number of allylic oxidation sites excluding steroid dienone is 2. The Kier molecular flexibility index (Phi) is 3.50. The molecule has 2 rings (SSSR count). The Balaban J connectivity index is 0.000000531. The van der Waals surface area contributed by atoms with Crippen LogP contribution in [0.3, 0.4) is 0 Å². The van der Waals surface area contributed by atoms with Crippen LogP contribution in [0.1, 0.15) is 20.3 Å². The molecule has 0 amide bonds. The van der Waals surface area contributed by atoms with Crippen molar-refractivity contribution in [2.24, 2.45) is 23.7 Å². The molecule has 4 atom stereocenters. The van der Waals surface area contributed by atoms with Crippen LogP contribution in [0.5, 0.6) is 0 Å². The first kappa shape index (κ1) is 11.8. The predicted molar refractivity (Wildman–Crippen MR) is 54.3 cm³/mol. The maximum atomic E-state index is 10.8. The fourth-order valence-electron chi connectivity index (χ4n) is 2.50. The summed E-state index contributed by atoms with van der Waals surface area (Å²) in [6.07, 6.45) is 4.36. The molecule has 15 heavy (non-hydrogen) atoms. The van der Waals surface area contributed by atoms with Crippen molar-refractivity contribution in [1.82, 2.24) is 0 Å². The Morgan fingerprint density at radius 2 is 1.33 bits per heavy atom. The molecule has 84 valence electrons. The maximum absolute atomic E-state index is 10.8. The molecular formula is C11H16O4. The van der Waals surface area contributed by atoms with E-state index in [2.05, 4.69) is 0 Å². The van der Waals surface area contributed by atoms with Crippen LogP contribution >= 0.6 is 0 Å². The molecule has 0 spiro atoms. The molecular weight excluding hydrogens is 196 g/mol. The molecule has 0 radical (unpaired) electrons. The van der Waals surface area contributed by atoms with Crippen LogP contribution < -0.4 is 0 Å². The van der Waals surface area contributed by atoms with Crippen LogP contribution in [0.2, 0.25) is 0 Å². The van der Waals surface area contributed by atoms with Crippen molar-refractivity contribution in [3.8, 4) is 0 Å². The second-order valence-electron chi connectivity index (χ2n) is 3.68. The molecule has 0 heterocycles. The molecule has 4 nitrogen and oxygen atoms in total. The minimum Gasteiger partial charge on any atom is -0.481 e. The molecule has 0 aliphatic heterocycles. The Morgan fingerprint density at radius 1 is 1.00 bits per heavy atom. The second kappa shape index (κ2) is 4.47. The smallest absolute Gasteiger partial charge is 0.307 e. The first-order valence-corrected chi connectivity index (χ1v) is 5.25. The van der Waals surface area contributed by atoms with Gasteiger partial charge in [0.2, 0.25) is 0 Å². The fourth-order valence-corrected chi connectivity index (χ4v) is 2.50. The van der Waals surface area contributed by atoms with E-state index in [-0.39, 0.29) is 11.8 Å². The number of carboxylic acid groups (broad SMARTS) is 2. The van der Waals surface area contributed by atoms with Crippen molar-refractivity contribution in [3.05, 3.63) is 12.2 Å². The van der Waals surface area contributed by atoms with Gasteiger partial charge in [-0.25, -0.2) is 0 Å². The highest BCUT2D eigenvalue weighted by Crippen LogP contribution is 2.48. The molecule has 0 saturated heterocycles. The SMILES string of the molecule is CC.O=C(O)C1C2C=CC(C2)C1C(=O)O. The van der Waals surface area contributed by atoms with E-state index >= 15 is 0 Å². The van der Waals surface area contributed by atoms with Crippen molar-refractivity contribution in [2.75, 3.05) is 0 Å². The standard InChI is InChI=1S/C9H10O4.C2H6/c10-8(11)6-4-1-2-5(3-4)7(6)9(12)13;1-2/h1-2,4-7H,3H2,(H,10,11)(H,12,13);1-2H3. The minimum atomic E-state index is -0.982. The van der Waals surface area contributed by atoms with Crippen LogP contribution in [-0.4, -0.2) is 22.2 Å².